The highest BCUT2D eigenvalue weighted by atomic mass is 16.4. The molecule has 0 aliphatic rings. The van der Waals surface area contributed by atoms with Crippen molar-refractivity contribution in [3.63, 3.8) is 0 Å². The number of aliphatic imine (C=N–C) groups is 1. The van der Waals surface area contributed by atoms with Crippen LogP contribution < -0.4 is 33.2 Å². The van der Waals surface area contributed by atoms with Crippen LogP contribution in [-0.4, -0.2) is 66.0 Å². The molecule has 0 saturated heterocycles. The number of carboxylic acid groups (broad SMARTS) is 1. The Balaban J connectivity index is 5.34. The van der Waals surface area contributed by atoms with Crippen LogP contribution in [0.25, 0.3) is 0 Å². The van der Waals surface area contributed by atoms with Crippen LogP contribution in [0.2, 0.25) is 0 Å². The van der Waals surface area contributed by atoms with Gasteiger partial charge in [-0.05, 0) is 31.1 Å². The number of hydrogen-bond acceptors (Lipinski definition) is 6. The normalized spacial score (nSPS) is 13.8. The molecule has 0 aliphatic heterocycles. The number of nitrogens with two attached hydrogens (primary N) is 3. The summed E-state index contributed by atoms with van der Waals surface area (Å²) in [6.07, 6.45) is 0.898. The average Bonchev–Trinajstić information content (AvgIpc) is 2.66. The van der Waals surface area contributed by atoms with E-state index in [0.717, 1.165) is 0 Å². The van der Waals surface area contributed by atoms with E-state index in [1.807, 2.05) is 13.8 Å². The fraction of sp³-hybridized carbons (Fsp3) is 0.737. The average molecular weight is 444 g/mol. The van der Waals surface area contributed by atoms with Gasteiger partial charge in [0.2, 0.25) is 17.7 Å². The van der Waals surface area contributed by atoms with E-state index in [0.29, 0.717) is 6.42 Å². The first-order valence-corrected chi connectivity index (χ1v) is 10.3. The van der Waals surface area contributed by atoms with Crippen molar-refractivity contribution in [3.05, 3.63) is 0 Å². The summed E-state index contributed by atoms with van der Waals surface area (Å²) in [4.78, 5) is 52.2. The van der Waals surface area contributed by atoms with Gasteiger partial charge in [-0.2, -0.15) is 0 Å². The molecule has 178 valence electrons. The van der Waals surface area contributed by atoms with Crippen LogP contribution in [0.5, 0.6) is 0 Å². The molecule has 3 amide bonds. The van der Waals surface area contributed by atoms with Crippen LogP contribution in [0.1, 0.15) is 47.0 Å². The standard InChI is InChI=1S/C19H37N7O5/c1-10(2)8-13(16(29)24-9-14(27)28)26-17(30)12(6-5-7-23-19(21)22)25-18(31)15(20)11(3)4/h10-13,15H,5-9,20H2,1-4H3,(H,24,29)(H,25,31)(H,26,30)(H,27,28)(H4,21,22,23). The molecule has 0 bridgehead atoms. The number of guanidine groups is 1. The fourth-order valence-electron chi connectivity index (χ4n) is 2.60. The van der Waals surface area contributed by atoms with Gasteiger partial charge in [0.1, 0.15) is 18.6 Å². The summed E-state index contributed by atoms with van der Waals surface area (Å²) >= 11 is 0. The first-order chi connectivity index (χ1) is 14.3. The van der Waals surface area contributed by atoms with E-state index in [2.05, 4.69) is 20.9 Å². The highest BCUT2D eigenvalue weighted by Gasteiger charge is 2.29. The van der Waals surface area contributed by atoms with Gasteiger partial charge in [-0.3, -0.25) is 24.2 Å². The van der Waals surface area contributed by atoms with E-state index in [9.17, 15) is 19.2 Å². The van der Waals surface area contributed by atoms with E-state index < -0.39 is 48.4 Å². The molecule has 3 unspecified atom stereocenters. The maximum atomic E-state index is 12.9. The number of nitrogens with zero attached hydrogens (tertiary/aromatic N) is 1. The Morgan fingerprint density at radius 1 is 0.935 bits per heavy atom. The molecule has 10 N–H and O–H groups in total. The molecule has 0 aromatic carbocycles. The SMILES string of the molecule is CC(C)CC(NC(=O)C(CCCN=C(N)N)NC(=O)C(N)C(C)C)C(=O)NCC(=O)O. The monoisotopic (exact) mass is 443 g/mol. The van der Waals surface area contributed by atoms with Crippen LogP contribution in [0, 0.1) is 11.8 Å². The third-order valence-corrected chi connectivity index (χ3v) is 4.35. The third kappa shape index (κ3) is 12.4. The van der Waals surface area contributed by atoms with Crippen molar-refractivity contribution in [3.8, 4) is 0 Å². The second-order valence-electron chi connectivity index (χ2n) is 8.08. The lowest BCUT2D eigenvalue weighted by Gasteiger charge is -2.25. The molecule has 3 atom stereocenters. The van der Waals surface area contributed by atoms with Crippen LogP contribution >= 0.6 is 0 Å². The van der Waals surface area contributed by atoms with Gasteiger partial charge >= 0.3 is 5.97 Å². The topological polar surface area (TPSA) is 215 Å². The van der Waals surface area contributed by atoms with E-state index in [-0.39, 0.29) is 37.2 Å². The zero-order chi connectivity index (χ0) is 24.1. The number of carbonyl (C=O) groups excluding carboxylic acids is 3. The Morgan fingerprint density at radius 2 is 1.52 bits per heavy atom. The van der Waals surface area contributed by atoms with Gasteiger partial charge in [0.15, 0.2) is 5.96 Å². The Hall–Kier alpha value is -2.89. The van der Waals surface area contributed by atoms with E-state index in [1.54, 1.807) is 13.8 Å². The zero-order valence-corrected chi connectivity index (χ0v) is 18.7. The Morgan fingerprint density at radius 3 is 2.00 bits per heavy atom. The number of nitrogens with one attached hydrogen (secondary N) is 3. The second kappa shape index (κ2) is 14.2. The number of rotatable bonds is 14. The summed E-state index contributed by atoms with van der Waals surface area (Å²) in [6.45, 7) is 6.98. The maximum Gasteiger partial charge on any atom is 0.322 e. The number of hydrogen-bond donors (Lipinski definition) is 7. The van der Waals surface area contributed by atoms with E-state index >= 15 is 0 Å². The largest absolute Gasteiger partial charge is 0.480 e. The molecule has 31 heavy (non-hydrogen) atoms. The quantitative estimate of drug-likeness (QED) is 0.0924. The maximum absolute atomic E-state index is 12.9. The lowest BCUT2D eigenvalue weighted by atomic mass is 10.0. The molecule has 12 heteroatoms. The molecule has 0 aromatic rings. The third-order valence-electron chi connectivity index (χ3n) is 4.35. The minimum absolute atomic E-state index is 0.0464. The summed E-state index contributed by atoms with van der Waals surface area (Å²) in [7, 11) is 0. The Labute approximate surface area is 182 Å². The molecule has 0 radical (unpaired) electrons. The molecular weight excluding hydrogens is 406 g/mol. The molecular formula is C19H37N7O5. The predicted octanol–water partition coefficient (Wildman–Crippen LogP) is -1.76. The summed E-state index contributed by atoms with van der Waals surface area (Å²) in [5, 5.41) is 16.3. The summed E-state index contributed by atoms with van der Waals surface area (Å²) in [5.41, 5.74) is 16.5. The second-order valence-corrected chi connectivity index (χ2v) is 8.08. The summed E-state index contributed by atoms with van der Waals surface area (Å²) in [5.74, 6) is -3.06. The fourth-order valence-corrected chi connectivity index (χ4v) is 2.60. The summed E-state index contributed by atoms with van der Waals surface area (Å²) in [6, 6.07) is -2.73. The van der Waals surface area contributed by atoms with Crippen molar-refractivity contribution in [1.29, 1.82) is 0 Å². The van der Waals surface area contributed by atoms with Crippen molar-refractivity contribution in [2.45, 2.75) is 65.1 Å². The van der Waals surface area contributed by atoms with Crippen LogP contribution in [0.4, 0.5) is 0 Å². The van der Waals surface area contributed by atoms with Crippen LogP contribution in [0.15, 0.2) is 4.99 Å². The molecule has 0 spiro atoms. The highest BCUT2D eigenvalue weighted by molar-refractivity contribution is 5.93. The van der Waals surface area contributed by atoms with Gasteiger partial charge in [0.25, 0.3) is 0 Å². The number of amides is 3. The number of carbonyl (C=O) groups is 4. The minimum atomic E-state index is -1.20. The molecule has 0 fully saturated rings. The zero-order valence-electron chi connectivity index (χ0n) is 18.7. The number of aliphatic carboxylic acids is 1. The minimum Gasteiger partial charge on any atom is -0.480 e. The van der Waals surface area contributed by atoms with Crippen molar-refractivity contribution >= 4 is 29.7 Å². The van der Waals surface area contributed by atoms with Gasteiger partial charge in [0.05, 0.1) is 6.04 Å². The molecule has 0 aliphatic carbocycles. The van der Waals surface area contributed by atoms with Crippen molar-refractivity contribution in [2.75, 3.05) is 13.1 Å². The smallest absolute Gasteiger partial charge is 0.322 e. The van der Waals surface area contributed by atoms with Gasteiger partial charge in [-0.15, -0.1) is 0 Å². The van der Waals surface area contributed by atoms with E-state index in [4.69, 9.17) is 22.3 Å². The van der Waals surface area contributed by atoms with Crippen LogP contribution in [-0.2, 0) is 19.2 Å². The Kier molecular flexibility index (Phi) is 12.9. The molecule has 0 rings (SSSR count). The molecule has 0 aromatic heterocycles. The van der Waals surface area contributed by atoms with Gasteiger partial charge in [0, 0.05) is 6.54 Å². The van der Waals surface area contributed by atoms with Crippen LogP contribution in [0.3, 0.4) is 0 Å². The van der Waals surface area contributed by atoms with Crippen molar-refractivity contribution in [2.24, 2.45) is 34.0 Å². The van der Waals surface area contributed by atoms with Gasteiger partial charge in [-0.1, -0.05) is 27.7 Å². The molecule has 0 heterocycles. The lowest BCUT2D eigenvalue weighted by molar-refractivity contribution is -0.138. The van der Waals surface area contributed by atoms with Gasteiger partial charge in [-0.25, -0.2) is 0 Å². The first kappa shape index (κ1) is 28.1. The predicted molar refractivity (Wildman–Crippen MR) is 117 cm³/mol. The first-order valence-electron chi connectivity index (χ1n) is 10.3. The number of carboxylic acids is 1. The lowest BCUT2D eigenvalue weighted by Crippen LogP contribution is -2.56. The Bertz CT molecular complexity index is 648. The highest BCUT2D eigenvalue weighted by Crippen LogP contribution is 2.08. The summed E-state index contributed by atoms with van der Waals surface area (Å²) < 4.78 is 0. The van der Waals surface area contributed by atoms with Gasteiger partial charge < -0.3 is 38.3 Å². The molecule has 12 nitrogen and oxygen atoms in total. The van der Waals surface area contributed by atoms with Crippen molar-refractivity contribution in [1.82, 2.24) is 16.0 Å². The van der Waals surface area contributed by atoms with E-state index in [1.165, 1.54) is 0 Å². The van der Waals surface area contributed by atoms with Crippen molar-refractivity contribution < 1.29 is 24.3 Å². The molecule has 0 saturated carbocycles.